The highest BCUT2D eigenvalue weighted by Crippen LogP contribution is 2.45. The predicted octanol–water partition coefficient (Wildman–Crippen LogP) is 23.1. The highest BCUT2D eigenvalue weighted by atomic mass is 31.2. The van der Waals surface area contributed by atoms with Gasteiger partial charge in [-0.1, -0.05) is 279 Å². The Bertz CT molecular complexity index is 2830. The van der Waals surface area contributed by atoms with Gasteiger partial charge in [0.15, 0.2) is 12.2 Å². The van der Waals surface area contributed by atoms with Gasteiger partial charge in [-0.15, -0.1) is 0 Å². The van der Waals surface area contributed by atoms with Crippen molar-refractivity contribution in [2.45, 2.75) is 277 Å². The van der Waals surface area contributed by atoms with Gasteiger partial charge in [-0.05, 0) is 161 Å². The Morgan fingerprint density at radius 2 is 0.509 bits per heavy atom. The van der Waals surface area contributed by atoms with Crippen LogP contribution < -0.4 is 0 Å². The Labute approximate surface area is 639 Å². The summed E-state index contributed by atoms with van der Waals surface area (Å²) in [4.78, 5) is 73.0. The molecule has 0 fully saturated rings. The van der Waals surface area contributed by atoms with E-state index in [1.807, 2.05) is 24.3 Å². The molecule has 0 amide bonds. The number of ether oxygens (including phenoxy) is 4. The van der Waals surface area contributed by atoms with Crippen LogP contribution in [0.25, 0.3) is 0 Å². The number of carbonyl (C=O) groups excluding carboxylic acids is 4. The van der Waals surface area contributed by atoms with Gasteiger partial charge in [0.05, 0.1) is 32.8 Å². The average molecular weight is 1520 g/mol. The first kappa shape index (κ1) is 99.6. The van der Waals surface area contributed by atoms with Crippen molar-refractivity contribution in [2.24, 2.45) is 0 Å². The van der Waals surface area contributed by atoms with Crippen LogP contribution in [0.2, 0.25) is 0 Å². The fraction of sp³-hybridized carbons (Fsp3) is 0.563. The van der Waals surface area contributed by atoms with E-state index in [1.165, 1.54) is 0 Å². The Balaban J connectivity index is 5.52. The monoisotopic (exact) mass is 1510 g/mol. The third kappa shape index (κ3) is 75.9. The molecule has 0 saturated carbocycles. The number of aliphatic hydroxyl groups excluding tert-OH is 1. The van der Waals surface area contributed by atoms with Crippen molar-refractivity contribution in [1.29, 1.82) is 0 Å². The molecule has 106 heavy (non-hydrogen) atoms. The van der Waals surface area contributed by atoms with E-state index >= 15 is 0 Å². The van der Waals surface area contributed by atoms with Crippen LogP contribution in [0.3, 0.4) is 0 Å². The normalized spacial score (nSPS) is 15.0. The molecular formula is C87H136O17P2. The van der Waals surface area contributed by atoms with Crippen molar-refractivity contribution in [1.82, 2.24) is 0 Å². The Morgan fingerprint density at radius 3 is 0.830 bits per heavy atom. The Morgan fingerprint density at radius 1 is 0.274 bits per heavy atom. The summed E-state index contributed by atoms with van der Waals surface area (Å²) in [5, 5.41) is 10.6. The second-order valence-corrected chi connectivity index (χ2v) is 28.0. The molecule has 3 N–H and O–H groups in total. The average Bonchev–Trinajstić information content (AvgIpc) is 0.928. The third-order valence-corrected chi connectivity index (χ3v) is 17.2. The minimum absolute atomic E-state index is 0.0518. The summed E-state index contributed by atoms with van der Waals surface area (Å²) in [6.07, 6.45) is 95.6. The molecular weight excluding hydrogens is 1380 g/mol. The van der Waals surface area contributed by atoms with E-state index in [2.05, 4.69) is 198 Å². The van der Waals surface area contributed by atoms with Crippen molar-refractivity contribution in [3.05, 3.63) is 207 Å². The van der Waals surface area contributed by atoms with Crippen LogP contribution in [0.4, 0.5) is 0 Å². The lowest BCUT2D eigenvalue weighted by molar-refractivity contribution is -0.161. The molecule has 0 saturated heterocycles. The quantitative estimate of drug-likeness (QED) is 0.0169. The summed E-state index contributed by atoms with van der Waals surface area (Å²) in [5.41, 5.74) is 0. The summed E-state index contributed by atoms with van der Waals surface area (Å²) >= 11 is 0. The van der Waals surface area contributed by atoms with Gasteiger partial charge in [0.1, 0.15) is 19.3 Å². The van der Waals surface area contributed by atoms with Crippen LogP contribution in [0.15, 0.2) is 207 Å². The second-order valence-electron chi connectivity index (χ2n) is 25.1. The molecule has 0 rings (SSSR count). The highest BCUT2D eigenvalue weighted by Gasteiger charge is 2.30. The van der Waals surface area contributed by atoms with Gasteiger partial charge in [0.2, 0.25) is 0 Å². The first-order valence-corrected chi connectivity index (χ1v) is 42.3. The molecule has 17 nitrogen and oxygen atoms in total. The number of hydrogen-bond acceptors (Lipinski definition) is 15. The lowest BCUT2D eigenvalue weighted by Gasteiger charge is -2.21. The number of phosphoric ester groups is 2. The number of esters is 4. The fourth-order valence-corrected chi connectivity index (χ4v) is 11.0. The van der Waals surface area contributed by atoms with E-state index in [9.17, 15) is 43.2 Å². The molecule has 0 bridgehead atoms. The minimum atomic E-state index is -5.02. The Hall–Kier alpha value is -6.36. The van der Waals surface area contributed by atoms with E-state index < -0.39 is 97.5 Å². The fourth-order valence-electron chi connectivity index (χ4n) is 9.45. The molecule has 5 unspecified atom stereocenters. The van der Waals surface area contributed by atoms with Crippen molar-refractivity contribution < 1.29 is 80.2 Å². The standard InChI is InChI=1S/C87H136O17P2/c1-5-9-13-17-21-25-29-33-37-39-40-42-46-48-52-56-60-64-68-72-85(90)98-78-83(104-87(92)74-70-66-62-58-54-50-44-36-32-28-24-20-16-12-8-4)80-102-106(95,96)100-76-81(88)75-99-105(93,94)101-79-82(103-86(91)73-69-65-61-57-53-49-43-35-31-27-23-19-15-11-7-3)77-97-84(89)71-67-63-59-55-51-47-45-41-38-34-30-26-22-18-14-10-6-2/h9-16,21-28,33-38,40,42-45,47,54-55,58-59,66,70,81-83,88H,5-8,17-20,29-32,39,41,46,48-53,56-57,60-65,67-69,71-80H2,1-4H3,(H,93,94)(H,95,96)/b13-9-,14-10-,15-11-,16-12-,25-21-,26-22-,27-23-,28-24-,37-33-,38-34-,42-40-,43-35-,44-36-,47-45-,58-54-,59-55-,70-66-. The number of unbranched alkanes of at least 4 members (excludes halogenated alkanes) is 12. The maximum Gasteiger partial charge on any atom is 0.472 e. The molecule has 0 aromatic heterocycles. The molecule has 0 aliphatic rings. The summed E-state index contributed by atoms with van der Waals surface area (Å²) in [7, 11) is -10.0. The maximum atomic E-state index is 13.1. The molecule has 0 spiro atoms. The van der Waals surface area contributed by atoms with Gasteiger partial charge in [-0.25, -0.2) is 9.13 Å². The molecule has 0 heterocycles. The summed E-state index contributed by atoms with van der Waals surface area (Å²) in [6.45, 7) is 4.16. The molecule has 0 aromatic rings. The van der Waals surface area contributed by atoms with E-state index in [4.69, 9.17) is 37.0 Å². The summed E-state index contributed by atoms with van der Waals surface area (Å²) in [5.74, 6) is -2.45. The molecule has 596 valence electrons. The van der Waals surface area contributed by atoms with Gasteiger partial charge in [-0.3, -0.25) is 37.3 Å². The van der Waals surface area contributed by atoms with Crippen molar-refractivity contribution in [3.8, 4) is 0 Å². The molecule has 0 aliphatic carbocycles. The lowest BCUT2D eigenvalue weighted by atomic mass is 10.1. The van der Waals surface area contributed by atoms with Crippen LogP contribution in [-0.2, 0) is 65.4 Å². The maximum absolute atomic E-state index is 13.1. The third-order valence-electron chi connectivity index (χ3n) is 15.3. The zero-order valence-electron chi connectivity index (χ0n) is 65.0. The number of rotatable bonds is 71. The van der Waals surface area contributed by atoms with Crippen LogP contribution in [-0.4, -0.2) is 96.7 Å². The number of aliphatic hydroxyl groups is 1. The first-order valence-electron chi connectivity index (χ1n) is 39.3. The highest BCUT2D eigenvalue weighted by molar-refractivity contribution is 7.47. The van der Waals surface area contributed by atoms with Crippen LogP contribution in [0.5, 0.6) is 0 Å². The number of carbonyl (C=O) groups is 4. The van der Waals surface area contributed by atoms with Crippen LogP contribution >= 0.6 is 15.6 Å². The van der Waals surface area contributed by atoms with Gasteiger partial charge in [0, 0.05) is 19.3 Å². The molecule has 0 aliphatic heterocycles. The molecule has 19 heteroatoms. The zero-order valence-corrected chi connectivity index (χ0v) is 66.8. The molecule has 0 radical (unpaired) electrons. The van der Waals surface area contributed by atoms with Crippen molar-refractivity contribution in [3.63, 3.8) is 0 Å². The smallest absolute Gasteiger partial charge is 0.462 e. The largest absolute Gasteiger partial charge is 0.472 e. The van der Waals surface area contributed by atoms with E-state index in [1.54, 1.807) is 12.2 Å². The van der Waals surface area contributed by atoms with E-state index in [0.29, 0.717) is 32.1 Å². The Kier molecular flexibility index (Phi) is 72.2. The summed E-state index contributed by atoms with van der Waals surface area (Å²) < 4.78 is 68.4. The van der Waals surface area contributed by atoms with Crippen LogP contribution in [0, 0.1) is 0 Å². The first-order chi connectivity index (χ1) is 51.7. The number of phosphoric acid groups is 2. The minimum Gasteiger partial charge on any atom is -0.462 e. The van der Waals surface area contributed by atoms with Gasteiger partial charge < -0.3 is 33.8 Å². The molecule has 5 atom stereocenters. The van der Waals surface area contributed by atoms with E-state index in [-0.39, 0.29) is 25.7 Å². The molecule has 0 aromatic carbocycles. The van der Waals surface area contributed by atoms with Crippen molar-refractivity contribution >= 4 is 39.5 Å². The van der Waals surface area contributed by atoms with Gasteiger partial charge >= 0.3 is 39.5 Å². The predicted molar refractivity (Wildman–Crippen MR) is 435 cm³/mol. The summed E-state index contributed by atoms with van der Waals surface area (Å²) in [6, 6.07) is 0. The van der Waals surface area contributed by atoms with E-state index in [0.717, 1.165) is 173 Å². The van der Waals surface area contributed by atoms with Gasteiger partial charge in [0.25, 0.3) is 0 Å². The van der Waals surface area contributed by atoms with Crippen molar-refractivity contribution in [2.75, 3.05) is 39.6 Å². The zero-order chi connectivity index (χ0) is 77.4. The number of allylic oxidation sites excluding steroid dienone is 33. The van der Waals surface area contributed by atoms with Gasteiger partial charge in [-0.2, -0.15) is 0 Å². The number of hydrogen-bond donors (Lipinski definition) is 3. The SMILES string of the molecule is CC/C=C\C/C=C\C/C=C\C/C=C\C/C=C\CCCC(=O)OCC(COP(=O)(O)OCC(O)COP(=O)(O)OCC(COC(=O)CCCCCCCC/C=C\C/C=C\C/C=C\C/C=C\CC)OC(=O)C/C=C\C/C=C\C/C=C\C/C=C\C/C=C\CC)OC(=O)CCCCCCC/C=C\C/C=C\C/C=C\CC. The second kappa shape index (κ2) is 76.8. The topological polar surface area (TPSA) is 237 Å². The van der Waals surface area contributed by atoms with Crippen LogP contribution in [0.1, 0.15) is 259 Å². The lowest BCUT2D eigenvalue weighted by Crippen LogP contribution is -2.30.